The van der Waals surface area contributed by atoms with Gasteiger partial charge in [-0.15, -0.1) is 0 Å². The molecule has 0 aliphatic rings. The minimum atomic E-state index is -0.818. The molecule has 0 aliphatic heterocycles. The van der Waals surface area contributed by atoms with Crippen LogP contribution in [-0.4, -0.2) is 15.7 Å². The Morgan fingerprint density at radius 3 is 2.54 bits per heavy atom. The number of benzene rings is 2. The Morgan fingerprint density at radius 2 is 1.89 bits per heavy atom. The Bertz CT molecular complexity index is 1060. The largest absolute Gasteiger partial charge is 0.324 e. The number of hydrogen-bond acceptors (Lipinski definition) is 3. The van der Waals surface area contributed by atoms with Crippen molar-refractivity contribution in [3.63, 3.8) is 0 Å². The van der Waals surface area contributed by atoms with E-state index in [4.69, 9.17) is 11.6 Å². The minimum absolute atomic E-state index is 0.0949. The smallest absolute Gasteiger partial charge is 0.267 e. The van der Waals surface area contributed by atoms with E-state index in [0.717, 1.165) is 11.1 Å². The van der Waals surface area contributed by atoms with Gasteiger partial charge in [-0.1, -0.05) is 48.4 Å². The zero-order chi connectivity index (χ0) is 20.3. The van der Waals surface area contributed by atoms with E-state index in [-0.39, 0.29) is 10.6 Å². The first-order valence-electron chi connectivity index (χ1n) is 8.82. The van der Waals surface area contributed by atoms with Crippen LogP contribution >= 0.6 is 11.6 Å². The molecule has 0 radical (unpaired) electrons. The van der Waals surface area contributed by atoms with Crippen molar-refractivity contribution in [2.75, 3.05) is 5.32 Å². The molecule has 1 aromatic heterocycles. The van der Waals surface area contributed by atoms with Crippen molar-refractivity contribution in [2.45, 2.75) is 26.3 Å². The summed E-state index contributed by atoms with van der Waals surface area (Å²) in [4.78, 5) is 25.1. The third-order valence-electron chi connectivity index (χ3n) is 4.34. The molecule has 1 heterocycles. The molecule has 2 aromatic carbocycles. The normalized spacial score (nSPS) is 11.9. The lowest BCUT2D eigenvalue weighted by Crippen LogP contribution is -2.34. The summed E-state index contributed by atoms with van der Waals surface area (Å²) in [5.41, 5.74) is 2.52. The quantitative estimate of drug-likeness (QED) is 0.681. The SMILES string of the molecule is CC[C@@H](C(=O)Nc1ccc(F)c(Cl)c1)n1nc(-c2ccc(C)cc2)ccc1=O. The molecule has 1 N–H and O–H groups in total. The predicted molar refractivity (Wildman–Crippen MR) is 108 cm³/mol. The molecule has 0 fully saturated rings. The van der Waals surface area contributed by atoms with Crippen LogP contribution in [0, 0.1) is 12.7 Å². The van der Waals surface area contributed by atoms with Gasteiger partial charge in [0.15, 0.2) is 0 Å². The van der Waals surface area contributed by atoms with E-state index in [1.54, 1.807) is 13.0 Å². The number of carbonyl (C=O) groups excluding carboxylic acids is 1. The Hall–Kier alpha value is -2.99. The van der Waals surface area contributed by atoms with Crippen LogP contribution in [0.25, 0.3) is 11.3 Å². The van der Waals surface area contributed by atoms with Crippen LogP contribution in [0.2, 0.25) is 5.02 Å². The molecule has 0 saturated heterocycles. The molecule has 1 atom stereocenters. The molecule has 1 amide bonds. The van der Waals surface area contributed by atoms with Crippen LogP contribution in [0.3, 0.4) is 0 Å². The molecule has 0 aliphatic carbocycles. The summed E-state index contributed by atoms with van der Waals surface area (Å²) in [7, 11) is 0. The van der Waals surface area contributed by atoms with Gasteiger partial charge in [0, 0.05) is 17.3 Å². The standard InChI is InChI=1S/C21H19ClFN3O2/c1-3-19(21(28)24-15-8-9-17(23)16(22)12-15)26-20(27)11-10-18(25-26)14-6-4-13(2)5-7-14/h4-12,19H,3H2,1-2H3,(H,24,28)/t19-/m0/s1. The molecule has 3 aromatic rings. The van der Waals surface area contributed by atoms with Crippen molar-refractivity contribution in [1.82, 2.24) is 9.78 Å². The third kappa shape index (κ3) is 4.28. The fraction of sp³-hybridized carbons (Fsp3) is 0.190. The maximum absolute atomic E-state index is 13.3. The summed E-state index contributed by atoms with van der Waals surface area (Å²) in [6, 6.07) is 13.8. The van der Waals surface area contributed by atoms with Gasteiger partial charge in [-0.2, -0.15) is 5.10 Å². The number of aromatic nitrogens is 2. The van der Waals surface area contributed by atoms with E-state index >= 15 is 0 Å². The van der Waals surface area contributed by atoms with Gasteiger partial charge in [-0.3, -0.25) is 9.59 Å². The lowest BCUT2D eigenvalue weighted by atomic mass is 10.1. The van der Waals surface area contributed by atoms with Crippen molar-refractivity contribution in [2.24, 2.45) is 0 Å². The third-order valence-corrected chi connectivity index (χ3v) is 4.63. The number of halogens is 2. The Balaban J connectivity index is 1.91. The van der Waals surface area contributed by atoms with Crippen molar-refractivity contribution in [3.05, 3.63) is 81.4 Å². The highest BCUT2D eigenvalue weighted by Gasteiger charge is 2.22. The maximum atomic E-state index is 13.3. The van der Waals surface area contributed by atoms with Gasteiger partial charge in [0.2, 0.25) is 5.91 Å². The van der Waals surface area contributed by atoms with Crippen LogP contribution in [-0.2, 0) is 4.79 Å². The second kappa shape index (κ2) is 8.35. The van der Waals surface area contributed by atoms with Crippen LogP contribution < -0.4 is 10.9 Å². The lowest BCUT2D eigenvalue weighted by Gasteiger charge is -2.17. The molecule has 0 unspecified atom stereocenters. The van der Waals surface area contributed by atoms with Crippen LogP contribution in [0.1, 0.15) is 24.9 Å². The number of nitrogens with zero attached hydrogens (tertiary/aromatic N) is 2. The zero-order valence-electron chi connectivity index (χ0n) is 15.4. The molecule has 28 heavy (non-hydrogen) atoms. The molecule has 3 rings (SSSR count). The van der Waals surface area contributed by atoms with Gasteiger partial charge < -0.3 is 5.32 Å². The van der Waals surface area contributed by atoms with Crippen LogP contribution in [0.15, 0.2) is 59.4 Å². The molecule has 0 spiro atoms. The number of hydrogen-bond donors (Lipinski definition) is 1. The van der Waals surface area contributed by atoms with E-state index in [1.807, 2.05) is 31.2 Å². The fourth-order valence-electron chi connectivity index (χ4n) is 2.80. The highest BCUT2D eigenvalue weighted by molar-refractivity contribution is 6.31. The number of anilines is 1. The Morgan fingerprint density at radius 1 is 1.18 bits per heavy atom. The van der Waals surface area contributed by atoms with Gasteiger partial charge in [-0.25, -0.2) is 9.07 Å². The summed E-state index contributed by atoms with van der Waals surface area (Å²) >= 11 is 5.76. The zero-order valence-corrected chi connectivity index (χ0v) is 16.2. The first-order chi connectivity index (χ1) is 13.4. The number of carbonyl (C=O) groups is 1. The van der Waals surface area contributed by atoms with Gasteiger partial charge in [0.05, 0.1) is 10.7 Å². The predicted octanol–water partition coefficient (Wildman–Crippen LogP) is 4.60. The first kappa shape index (κ1) is 19.8. The first-order valence-corrected chi connectivity index (χ1v) is 9.19. The Kier molecular flexibility index (Phi) is 5.90. The summed E-state index contributed by atoms with van der Waals surface area (Å²) in [6.07, 6.45) is 0.352. The van der Waals surface area contributed by atoms with Crippen molar-refractivity contribution < 1.29 is 9.18 Å². The number of amides is 1. The van der Waals surface area contributed by atoms with Crippen LogP contribution in [0.4, 0.5) is 10.1 Å². The topological polar surface area (TPSA) is 64.0 Å². The molecule has 0 bridgehead atoms. The summed E-state index contributed by atoms with van der Waals surface area (Å²) in [6.45, 7) is 3.77. The summed E-state index contributed by atoms with van der Waals surface area (Å²) < 4.78 is 14.5. The monoisotopic (exact) mass is 399 g/mol. The highest BCUT2D eigenvalue weighted by Crippen LogP contribution is 2.21. The summed E-state index contributed by atoms with van der Waals surface area (Å²) in [5.74, 6) is -1.00. The number of rotatable bonds is 5. The van der Waals surface area contributed by atoms with Gasteiger partial charge >= 0.3 is 0 Å². The van der Waals surface area contributed by atoms with E-state index < -0.39 is 17.8 Å². The van der Waals surface area contributed by atoms with Crippen molar-refractivity contribution in [1.29, 1.82) is 0 Å². The van der Waals surface area contributed by atoms with E-state index in [2.05, 4.69) is 10.4 Å². The van der Waals surface area contributed by atoms with E-state index in [0.29, 0.717) is 17.8 Å². The van der Waals surface area contributed by atoms with Crippen LogP contribution in [0.5, 0.6) is 0 Å². The Labute approximate surface area is 166 Å². The van der Waals surface area contributed by atoms with E-state index in [1.165, 1.54) is 28.9 Å². The lowest BCUT2D eigenvalue weighted by molar-refractivity contribution is -0.119. The average molecular weight is 400 g/mol. The molecule has 0 saturated carbocycles. The highest BCUT2D eigenvalue weighted by atomic mass is 35.5. The molecule has 144 valence electrons. The fourth-order valence-corrected chi connectivity index (χ4v) is 2.98. The number of nitrogens with one attached hydrogen (secondary N) is 1. The molecular weight excluding hydrogens is 381 g/mol. The van der Waals surface area contributed by atoms with Gasteiger partial charge in [-0.05, 0) is 37.6 Å². The van der Waals surface area contributed by atoms with E-state index in [9.17, 15) is 14.0 Å². The van der Waals surface area contributed by atoms with Gasteiger partial charge in [0.1, 0.15) is 11.9 Å². The van der Waals surface area contributed by atoms with Crippen molar-refractivity contribution in [3.8, 4) is 11.3 Å². The maximum Gasteiger partial charge on any atom is 0.267 e. The molecular formula is C21H19ClFN3O2. The number of aryl methyl sites for hydroxylation is 1. The minimum Gasteiger partial charge on any atom is -0.324 e. The molecule has 7 heteroatoms. The van der Waals surface area contributed by atoms with Crippen molar-refractivity contribution >= 4 is 23.2 Å². The molecule has 5 nitrogen and oxygen atoms in total. The summed E-state index contributed by atoms with van der Waals surface area (Å²) in [5, 5.41) is 6.96. The van der Waals surface area contributed by atoms with Gasteiger partial charge in [0.25, 0.3) is 5.56 Å². The average Bonchev–Trinajstić information content (AvgIpc) is 2.67. The second-order valence-corrected chi connectivity index (χ2v) is 6.82. The second-order valence-electron chi connectivity index (χ2n) is 6.41.